The molecule has 3 heterocycles. The van der Waals surface area contributed by atoms with Crippen molar-refractivity contribution in [2.75, 3.05) is 40.5 Å². The van der Waals surface area contributed by atoms with Gasteiger partial charge < -0.3 is 53.2 Å². The zero-order valence-electron chi connectivity index (χ0n) is 29.7. The smallest absolute Gasteiger partial charge is 1.00 e. The summed E-state index contributed by atoms with van der Waals surface area (Å²) in [5.74, 6) is 0.101. The number of Topliss-reactive ketones (excluding diaryl/α,β-unsaturated/α-hetero) is 1. The number of nitrogens with zero attached hydrogens (tertiary/aromatic N) is 3. The quantitative estimate of drug-likeness (QED) is 0.222. The molecule has 13 heteroatoms. The Morgan fingerprint density at radius 1 is 0.783 bits per heavy atom. The second kappa shape index (κ2) is 25.8. The number of ketones is 1. The van der Waals surface area contributed by atoms with E-state index in [9.17, 15) is 19.2 Å². The molecule has 0 radical (unpaired) electrons. The molecule has 0 saturated carbocycles. The van der Waals surface area contributed by atoms with Gasteiger partial charge in [-0.3, -0.25) is 9.63 Å². The van der Waals surface area contributed by atoms with Gasteiger partial charge in [0, 0.05) is 58.3 Å². The van der Waals surface area contributed by atoms with Crippen LogP contribution in [0.25, 0.3) is 0 Å². The summed E-state index contributed by atoms with van der Waals surface area (Å²) in [7, 11) is 3.04. The van der Waals surface area contributed by atoms with Gasteiger partial charge in [0.25, 0.3) is 0 Å². The van der Waals surface area contributed by atoms with E-state index < -0.39 is 11.2 Å². The van der Waals surface area contributed by atoms with Crippen molar-refractivity contribution in [3.05, 3.63) is 7.43 Å². The van der Waals surface area contributed by atoms with Crippen LogP contribution in [-0.2, 0) is 28.6 Å². The van der Waals surface area contributed by atoms with E-state index in [1.165, 1.54) is 25.0 Å². The molecule has 3 aliphatic rings. The number of hydroxylamine groups is 2. The summed E-state index contributed by atoms with van der Waals surface area (Å²) in [5.41, 5.74) is -0.943. The molecule has 3 amide bonds. The van der Waals surface area contributed by atoms with Crippen molar-refractivity contribution < 1.29 is 55.2 Å². The first-order valence-corrected chi connectivity index (χ1v) is 15.4. The molecule has 0 aromatic heterocycles. The van der Waals surface area contributed by atoms with Crippen LogP contribution in [0.3, 0.4) is 0 Å². The third kappa shape index (κ3) is 22.4. The van der Waals surface area contributed by atoms with Crippen LogP contribution in [0, 0.1) is 7.43 Å². The molecule has 3 rings (SSSR count). The molecule has 2 atom stereocenters. The minimum absolute atomic E-state index is 0. The van der Waals surface area contributed by atoms with Crippen LogP contribution in [0.1, 0.15) is 120 Å². The van der Waals surface area contributed by atoms with Crippen LogP contribution in [0.4, 0.5) is 9.59 Å². The van der Waals surface area contributed by atoms with Crippen molar-refractivity contribution in [3.63, 3.8) is 0 Å². The van der Waals surface area contributed by atoms with Gasteiger partial charge in [-0.2, -0.15) is 0 Å². The first-order chi connectivity index (χ1) is 19.5. The fraction of sp³-hybridized carbons (Fsp3) is 0.848. The standard InChI is InChI=1S/C14H26N2O4.C13H23NO3.C4H8O.CH4.CH3.BrH.Mg/c1-14(2,3)20-13(18)16-10-6-7-11(16)8-9-12(17)15(4)19-5;1-10(15)7-8-11-6-5-9-14(11)12(16)17-13(2,3)4;1-2-4-5-3-1;;;;/h11H,6-10H2,1-5H3;11H,5-9H2,1-4H3;1-4H2;1H4;1H3;1H;/q;;;;-1;;+2/p-1/t2*11-;;;;;/m00...../s1. The van der Waals surface area contributed by atoms with Crippen molar-refractivity contribution >= 4 is 46.9 Å². The van der Waals surface area contributed by atoms with E-state index >= 15 is 0 Å². The molecule has 0 N–H and O–H groups in total. The zero-order chi connectivity index (χ0) is 31.9. The Labute approximate surface area is 307 Å². The van der Waals surface area contributed by atoms with Gasteiger partial charge in [0.05, 0.1) is 7.11 Å². The molecule has 46 heavy (non-hydrogen) atoms. The summed E-state index contributed by atoms with van der Waals surface area (Å²) in [6.45, 7) is 16.2. The van der Waals surface area contributed by atoms with Crippen LogP contribution in [0.2, 0.25) is 0 Å². The van der Waals surface area contributed by atoms with Crippen LogP contribution in [0.15, 0.2) is 0 Å². The van der Waals surface area contributed by atoms with E-state index in [1.807, 2.05) is 41.5 Å². The Morgan fingerprint density at radius 2 is 1.17 bits per heavy atom. The van der Waals surface area contributed by atoms with Crippen LogP contribution in [0.5, 0.6) is 0 Å². The van der Waals surface area contributed by atoms with Gasteiger partial charge in [0.15, 0.2) is 0 Å². The summed E-state index contributed by atoms with van der Waals surface area (Å²) < 4.78 is 15.7. The van der Waals surface area contributed by atoms with E-state index in [4.69, 9.17) is 19.0 Å². The van der Waals surface area contributed by atoms with E-state index in [-0.39, 0.29) is 90.8 Å². The van der Waals surface area contributed by atoms with Gasteiger partial charge in [0.1, 0.15) is 17.0 Å². The molecule has 3 aliphatic heterocycles. The van der Waals surface area contributed by atoms with Crippen molar-refractivity contribution in [1.29, 1.82) is 0 Å². The second-order valence-corrected chi connectivity index (χ2v) is 13.1. The number of likely N-dealkylation sites (tertiary alicyclic amines) is 2. The minimum Gasteiger partial charge on any atom is -1.00 e. The number of hydrogen-bond acceptors (Lipinski definition) is 8. The van der Waals surface area contributed by atoms with Gasteiger partial charge in [-0.1, -0.05) is 7.43 Å². The minimum atomic E-state index is -0.490. The Morgan fingerprint density at radius 3 is 1.48 bits per heavy atom. The number of amides is 3. The maximum atomic E-state index is 12.1. The molecule has 0 bridgehead atoms. The zero-order valence-corrected chi connectivity index (χ0v) is 32.7. The molecule has 0 spiro atoms. The van der Waals surface area contributed by atoms with Crippen molar-refractivity contribution in [1.82, 2.24) is 14.9 Å². The third-order valence-electron chi connectivity index (χ3n) is 6.98. The summed E-state index contributed by atoms with van der Waals surface area (Å²) in [5, 5.41) is 1.22. The van der Waals surface area contributed by atoms with E-state index in [0.29, 0.717) is 25.8 Å². The fourth-order valence-corrected chi connectivity index (χ4v) is 4.82. The molecule has 0 aromatic carbocycles. The van der Waals surface area contributed by atoms with Gasteiger partial charge in [-0.25, -0.2) is 14.7 Å². The molecular weight excluding hydrogens is 671 g/mol. The number of ether oxygens (including phenoxy) is 3. The maximum Gasteiger partial charge on any atom is 2.00 e. The molecule has 0 aliphatic carbocycles. The first kappa shape index (κ1) is 51.7. The van der Waals surface area contributed by atoms with Gasteiger partial charge in [-0.05, 0) is 99.8 Å². The molecule has 0 aromatic rings. The first-order valence-electron chi connectivity index (χ1n) is 15.4. The molecular formula is C33H64BrMgN3O8. The summed E-state index contributed by atoms with van der Waals surface area (Å²) >= 11 is 0. The molecule has 0 unspecified atom stereocenters. The normalized spacial score (nSPS) is 18.5. The van der Waals surface area contributed by atoms with Crippen molar-refractivity contribution in [2.45, 2.75) is 143 Å². The van der Waals surface area contributed by atoms with E-state index in [2.05, 4.69) is 0 Å². The number of carbonyl (C=O) groups is 4. The number of rotatable bonds is 7. The molecule has 3 fully saturated rings. The largest absolute Gasteiger partial charge is 2.00 e. The van der Waals surface area contributed by atoms with Crippen LogP contribution in [-0.4, -0.2) is 126 Å². The van der Waals surface area contributed by atoms with Crippen LogP contribution < -0.4 is 17.0 Å². The predicted octanol–water partition coefficient (Wildman–Crippen LogP) is 3.45. The Hall–Kier alpha value is -1.15. The fourth-order valence-electron chi connectivity index (χ4n) is 4.82. The maximum absolute atomic E-state index is 12.1. The predicted molar refractivity (Wildman–Crippen MR) is 180 cm³/mol. The average Bonchev–Trinajstić information content (AvgIpc) is 3.67. The number of hydrogen-bond donors (Lipinski definition) is 0. The number of halogens is 1. The SMILES string of the molecule is C.C1CCOC1.CC(=O)CC[C@@H]1CCCN1C(=O)OC(C)(C)C.CON(C)C(=O)CC[C@@H]1CCCN1C(=O)OC(C)(C)C.[Br-].[CH3-].[Mg+2]. The van der Waals surface area contributed by atoms with Gasteiger partial charge in [-0.15, -0.1) is 0 Å². The average molecular weight is 735 g/mol. The van der Waals surface area contributed by atoms with Crippen molar-refractivity contribution in [3.8, 4) is 0 Å². The summed E-state index contributed by atoms with van der Waals surface area (Å²) in [6.07, 6.45) is 8.20. The monoisotopic (exact) mass is 733 g/mol. The molecule has 268 valence electrons. The molecule has 11 nitrogen and oxygen atoms in total. The topological polar surface area (TPSA) is 115 Å². The Bertz CT molecular complexity index is 855. The van der Waals surface area contributed by atoms with E-state index in [1.54, 1.807) is 23.8 Å². The Balaban J connectivity index is -0.000000310. The second-order valence-electron chi connectivity index (χ2n) is 13.1. The van der Waals surface area contributed by atoms with Gasteiger partial charge >= 0.3 is 35.2 Å². The Kier molecular flexibility index (Phi) is 29.0. The summed E-state index contributed by atoms with van der Waals surface area (Å²) in [6, 6.07) is 0.257. The van der Waals surface area contributed by atoms with Gasteiger partial charge in [0.2, 0.25) is 5.91 Å². The third-order valence-corrected chi connectivity index (χ3v) is 6.98. The summed E-state index contributed by atoms with van der Waals surface area (Å²) in [4.78, 5) is 55.1. The van der Waals surface area contributed by atoms with Crippen LogP contribution >= 0.6 is 0 Å². The molecule has 3 saturated heterocycles. The van der Waals surface area contributed by atoms with Crippen molar-refractivity contribution in [2.24, 2.45) is 0 Å². The number of carbonyl (C=O) groups excluding carboxylic acids is 4. The van der Waals surface area contributed by atoms with E-state index in [0.717, 1.165) is 51.9 Å².